The van der Waals surface area contributed by atoms with Crippen LogP contribution in [0.15, 0.2) is 71.8 Å². The number of carbonyl (C=O) groups excluding carboxylic acids is 1. The minimum absolute atomic E-state index is 0.0436. The van der Waals surface area contributed by atoms with Crippen molar-refractivity contribution in [2.24, 2.45) is 0 Å². The average molecular weight is 362 g/mol. The first-order chi connectivity index (χ1) is 13.2. The van der Waals surface area contributed by atoms with Gasteiger partial charge in [0.1, 0.15) is 0 Å². The number of amides is 1. The largest absolute Gasteiger partial charge is 0.313 e. The second kappa shape index (κ2) is 8.89. The predicted molar refractivity (Wildman–Crippen MR) is 105 cm³/mol. The van der Waals surface area contributed by atoms with Crippen molar-refractivity contribution in [2.45, 2.75) is 26.3 Å². The summed E-state index contributed by atoms with van der Waals surface area (Å²) >= 11 is 0. The molecule has 1 aromatic carbocycles. The van der Waals surface area contributed by atoms with Crippen LogP contribution in [0.4, 0.5) is 5.69 Å². The Kier molecular flexibility index (Phi) is 6.10. The smallest absolute Gasteiger partial charge is 0.266 e. The molecule has 0 bridgehead atoms. The monoisotopic (exact) mass is 362 g/mol. The summed E-state index contributed by atoms with van der Waals surface area (Å²) in [7, 11) is 0. The molecule has 0 N–H and O–H groups in total. The Morgan fingerprint density at radius 3 is 2.48 bits per heavy atom. The molecule has 27 heavy (non-hydrogen) atoms. The van der Waals surface area contributed by atoms with Crippen molar-refractivity contribution in [1.29, 1.82) is 0 Å². The zero-order chi connectivity index (χ0) is 19.1. The molecule has 0 atom stereocenters. The van der Waals surface area contributed by atoms with Crippen LogP contribution in [0.25, 0.3) is 11.3 Å². The van der Waals surface area contributed by atoms with E-state index < -0.39 is 0 Å². The molecule has 6 heteroatoms. The molecule has 0 aliphatic carbocycles. The number of aromatic nitrogens is 3. The van der Waals surface area contributed by atoms with Gasteiger partial charge in [0.05, 0.1) is 5.69 Å². The number of para-hydroxylation sites is 1. The second-order valence-corrected chi connectivity index (χ2v) is 6.09. The molecule has 0 aliphatic heterocycles. The van der Waals surface area contributed by atoms with Gasteiger partial charge in [-0.1, -0.05) is 18.2 Å². The molecule has 2 heterocycles. The van der Waals surface area contributed by atoms with Crippen LogP contribution in [-0.4, -0.2) is 27.2 Å². The highest BCUT2D eigenvalue weighted by molar-refractivity contribution is 5.93. The molecule has 0 unspecified atom stereocenters. The first-order valence-electron chi connectivity index (χ1n) is 9.03. The fourth-order valence-electron chi connectivity index (χ4n) is 2.91. The maximum atomic E-state index is 12.5. The molecule has 2 aromatic heterocycles. The maximum absolute atomic E-state index is 12.5. The molecule has 138 valence electrons. The lowest BCUT2D eigenvalue weighted by atomic mass is 10.2. The van der Waals surface area contributed by atoms with Crippen molar-refractivity contribution in [3.63, 3.8) is 0 Å². The number of hydrogen-bond donors (Lipinski definition) is 0. The van der Waals surface area contributed by atoms with Crippen molar-refractivity contribution in [1.82, 2.24) is 14.8 Å². The Hall–Kier alpha value is -3.28. The van der Waals surface area contributed by atoms with Crippen LogP contribution in [0.1, 0.15) is 19.8 Å². The molecule has 3 rings (SSSR count). The van der Waals surface area contributed by atoms with Gasteiger partial charge in [-0.05, 0) is 43.7 Å². The third kappa shape index (κ3) is 4.67. The van der Waals surface area contributed by atoms with Crippen molar-refractivity contribution < 1.29 is 4.79 Å². The number of hydrogen-bond acceptors (Lipinski definition) is 4. The summed E-state index contributed by atoms with van der Waals surface area (Å²) in [5.74, 6) is 0.0436. The molecule has 0 fully saturated rings. The van der Waals surface area contributed by atoms with Crippen molar-refractivity contribution >= 4 is 11.6 Å². The van der Waals surface area contributed by atoms with Gasteiger partial charge >= 0.3 is 0 Å². The average Bonchev–Trinajstić information content (AvgIpc) is 2.71. The predicted octanol–water partition coefficient (Wildman–Crippen LogP) is 3.14. The van der Waals surface area contributed by atoms with Gasteiger partial charge in [0, 0.05) is 49.2 Å². The third-order valence-electron chi connectivity index (χ3n) is 4.29. The van der Waals surface area contributed by atoms with Gasteiger partial charge in [-0.3, -0.25) is 14.6 Å². The normalized spacial score (nSPS) is 10.6. The number of carbonyl (C=O) groups is 1. The summed E-state index contributed by atoms with van der Waals surface area (Å²) in [4.78, 5) is 30.4. The number of benzene rings is 1. The molecule has 0 aliphatic rings. The molecule has 1 amide bonds. The first kappa shape index (κ1) is 18.5. The zero-order valence-electron chi connectivity index (χ0n) is 15.3. The Labute approximate surface area is 158 Å². The zero-order valence-corrected chi connectivity index (χ0v) is 15.3. The number of aryl methyl sites for hydroxylation is 1. The summed E-state index contributed by atoms with van der Waals surface area (Å²) in [6, 6.07) is 16.5. The van der Waals surface area contributed by atoms with E-state index in [9.17, 15) is 9.59 Å². The summed E-state index contributed by atoms with van der Waals surface area (Å²) in [5, 5.41) is 4.41. The van der Waals surface area contributed by atoms with Gasteiger partial charge in [-0.15, -0.1) is 0 Å². The number of anilines is 1. The maximum Gasteiger partial charge on any atom is 0.266 e. The minimum Gasteiger partial charge on any atom is -0.313 e. The van der Waals surface area contributed by atoms with Gasteiger partial charge < -0.3 is 4.90 Å². The van der Waals surface area contributed by atoms with Gasteiger partial charge in [-0.2, -0.15) is 5.10 Å². The van der Waals surface area contributed by atoms with E-state index in [1.165, 1.54) is 10.7 Å². The fourth-order valence-corrected chi connectivity index (χ4v) is 2.91. The highest BCUT2D eigenvalue weighted by Crippen LogP contribution is 2.15. The molecule has 0 saturated heterocycles. The van der Waals surface area contributed by atoms with Crippen LogP contribution in [0.2, 0.25) is 0 Å². The lowest BCUT2D eigenvalue weighted by molar-refractivity contribution is -0.118. The van der Waals surface area contributed by atoms with Crippen LogP contribution >= 0.6 is 0 Å². The fraction of sp³-hybridized carbons (Fsp3) is 0.238. The second-order valence-electron chi connectivity index (χ2n) is 6.09. The van der Waals surface area contributed by atoms with Crippen LogP contribution in [0, 0.1) is 0 Å². The van der Waals surface area contributed by atoms with E-state index in [0.717, 1.165) is 11.3 Å². The Bertz CT molecular complexity index is 939. The van der Waals surface area contributed by atoms with Crippen LogP contribution in [0.5, 0.6) is 0 Å². The highest BCUT2D eigenvalue weighted by atomic mass is 16.2. The molecule has 3 aromatic rings. The van der Waals surface area contributed by atoms with Gasteiger partial charge in [0.2, 0.25) is 5.91 Å². The van der Waals surface area contributed by atoms with Crippen LogP contribution < -0.4 is 10.5 Å². The Balaban J connectivity index is 1.65. The first-order valence-corrected chi connectivity index (χ1v) is 9.03. The summed E-state index contributed by atoms with van der Waals surface area (Å²) in [6.07, 6.45) is 4.29. The van der Waals surface area contributed by atoms with E-state index in [-0.39, 0.29) is 11.5 Å². The number of rotatable bonds is 7. The van der Waals surface area contributed by atoms with E-state index in [1.807, 2.05) is 49.4 Å². The molecular formula is C21H22N4O2. The molecule has 0 spiro atoms. The van der Waals surface area contributed by atoms with Crippen molar-refractivity contribution in [3.05, 3.63) is 77.3 Å². The molecular weight excluding hydrogens is 340 g/mol. The standard InChI is InChI=1S/C21H22N4O2/c1-2-24(18-7-4-3-5-8-18)20(26)9-6-16-25-21(27)11-10-19(23-25)17-12-14-22-15-13-17/h3-5,7-8,10-15H,2,6,9,16H2,1H3. The quantitative estimate of drug-likeness (QED) is 0.647. The van der Waals surface area contributed by atoms with E-state index in [4.69, 9.17) is 0 Å². The van der Waals surface area contributed by atoms with E-state index >= 15 is 0 Å². The van der Waals surface area contributed by atoms with Crippen molar-refractivity contribution in [3.8, 4) is 11.3 Å². The molecule has 6 nitrogen and oxygen atoms in total. The third-order valence-corrected chi connectivity index (χ3v) is 4.29. The van der Waals surface area contributed by atoms with Gasteiger partial charge in [0.25, 0.3) is 5.56 Å². The highest BCUT2D eigenvalue weighted by Gasteiger charge is 2.13. The molecule has 0 radical (unpaired) electrons. The van der Waals surface area contributed by atoms with E-state index in [1.54, 1.807) is 23.4 Å². The SMILES string of the molecule is CCN(C(=O)CCCn1nc(-c2ccncc2)ccc1=O)c1ccccc1. The Morgan fingerprint density at radius 2 is 1.78 bits per heavy atom. The topological polar surface area (TPSA) is 68.1 Å². The van der Waals surface area contributed by atoms with Gasteiger partial charge in [-0.25, -0.2) is 4.68 Å². The minimum atomic E-state index is -0.171. The van der Waals surface area contributed by atoms with Crippen LogP contribution in [0.3, 0.4) is 0 Å². The van der Waals surface area contributed by atoms with E-state index in [0.29, 0.717) is 31.6 Å². The van der Waals surface area contributed by atoms with E-state index in [2.05, 4.69) is 10.1 Å². The van der Waals surface area contributed by atoms with Crippen LogP contribution in [-0.2, 0) is 11.3 Å². The molecule has 0 saturated carbocycles. The Morgan fingerprint density at radius 1 is 1.04 bits per heavy atom. The number of nitrogens with zero attached hydrogens (tertiary/aromatic N) is 4. The summed E-state index contributed by atoms with van der Waals surface area (Å²) in [5.41, 5.74) is 2.33. The summed E-state index contributed by atoms with van der Waals surface area (Å²) in [6.45, 7) is 2.96. The lowest BCUT2D eigenvalue weighted by Gasteiger charge is -2.21. The number of pyridine rings is 1. The van der Waals surface area contributed by atoms with Gasteiger partial charge in [0.15, 0.2) is 0 Å². The summed E-state index contributed by atoms with van der Waals surface area (Å²) < 4.78 is 1.42. The lowest BCUT2D eigenvalue weighted by Crippen LogP contribution is -2.31. The van der Waals surface area contributed by atoms with Crippen molar-refractivity contribution in [2.75, 3.05) is 11.4 Å².